The third-order valence-electron chi connectivity index (χ3n) is 3.17. The van der Waals surface area contributed by atoms with Crippen LogP contribution in [0.2, 0.25) is 0 Å². The van der Waals surface area contributed by atoms with E-state index >= 15 is 0 Å². The molecule has 1 aliphatic carbocycles. The maximum atomic E-state index is 11.4. The Morgan fingerprint density at radius 2 is 2.20 bits per heavy atom. The van der Waals surface area contributed by atoms with E-state index in [4.69, 9.17) is 4.74 Å². The molecule has 0 radical (unpaired) electrons. The summed E-state index contributed by atoms with van der Waals surface area (Å²) in [4.78, 5) is 11.4. The van der Waals surface area contributed by atoms with Crippen molar-refractivity contribution in [3.63, 3.8) is 0 Å². The standard InChI is InChI=1S/C12H21NO2/c14-11(9-13-10-6-7-10)3-1-4-12-5-2-8-15-12/h10,12-13H,1-9H2. The highest BCUT2D eigenvalue weighted by atomic mass is 16.5. The van der Waals surface area contributed by atoms with Crippen molar-refractivity contribution in [1.82, 2.24) is 5.32 Å². The van der Waals surface area contributed by atoms with Gasteiger partial charge in [0.05, 0.1) is 12.6 Å². The molecule has 2 fully saturated rings. The summed E-state index contributed by atoms with van der Waals surface area (Å²) in [5.74, 6) is 0.361. The molecule has 0 aromatic heterocycles. The predicted octanol–water partition coefficient (Wildman–Crippen LogP) is 1.66. The van der Waals surface area contributed by atoms with E-state index in [9.17, 15) is 4.79 Å². The molecule has 0 aromatic rings. The number of nitrogens with one attached hydrogen (secondary N) is 1. The van der Waals surface area contributed by atoms with Crippen LogP contribution in [-0.2, 0) is 9.53 Å². The van der Waals surface area contributed by atoms with Crippen LogP contribution in [0.4, 0.5) is 0 Å². The fourth-order valence-corrected chi connectivity index (χ4v) is 2.03. The molecule has 86 valence electrons. The Kier molecular flexibility index (Phi) is 4.15. The second-order valence-electron chi connectivity index (χ2n) is 4.72. The zero-order valence-corrected chi connectivity index (χ0v) is 9.34. The van der Waals surface area contributed by atoms with E-state index in [0.29, 0.717) is 24.5 Å². The molecular weight excluding hydrogens is 190 g/mol. The summed E-state index contributed by atoms with van der Waals surface area (Å²) in [6.45, 7) is 1.50. The molecule has 2 rings (SSSR count). The number of hydrogen-bond donors (Lipinski definition) is 1. The topological polar surface area (TPSA) is 38.3 Å². The number of ketones is 1. The average molecular weight is 211 g/mol. The van der Waals surface area contributed by atoms with E-state index in [1.54, 1.807) is 0 Å². The molecule has 1 aliphatic heterocycles. The fourth-order valence-electron chi connectivity index (χ4n) is 2.03. The van der Waals surface area contributed by atoms with Crippen molar-refractivity contribution in [2.24, 2.45) is 0 Å². The summed E-state index contributed by atoms with van der Waals surface area (Å²) in [6, 6.07) is 0.645. The lowest BCUT2D eigenvalue weighted by Gasteiger charge is -2.08. The van der Waals surface area contributed by atoms with Gasteiger partial charge in [0.15, 0.2) is 0 Å². The summed E-state index contributed by atoms with van der Waals surface area (Å²) in [6.07, 6.45) is 8.11. The van der Waals surface area contributed by atoms with Gasteiger partial charge in [-0.1, -0.05) is 0 Å². The smallest absolute Gasteiger partial charge is 0.146 e. The number of carbonyl (C=O) groups excluding carboxylic acids is 1. The zero-order valence-electron chi connectivity index (χ0n) is 9.34. The largest absolute Gasteiger partial charge is 0.378 e. The number of ether oxygens (including phenoxy) is 1. The maximum Gasteiger partial charge on any atom is 0.146 e. The van der Waals surface area contributed by atoms with Crippen LogP contribution in [0.3, 0.4) is 0 Å². The van der Waals surface area contributed by atoms with Crippen LogP contribution in [0.1, 0.15) is 44.9 Å². The minimum atomic E-state index is 0.361. The average Bonchev–Trinajstić information content (AvgIpc) is 2.92. The molecule has 0 aromatic carbocycles. The van der Waals surface area contributed by atoms with Gasteiger partial charge in [-0.05, 0) is 38.5 Å². The third-order valence-corrected chi connectivity index (χ3v) is 3.17. The molecule has 1 N–H and O–H groups in total. The predicted molar refractivity (Wildman–Crippen MR) is 58.9 cm³/mol. The lowest BCUT2D eigenvalue weighted by atomic mass is 10.1. The summed E-state index contributed by atoms with van der Waals surface area (Å²) in [7, 11) is 0. The molecule has 1 unspecified atom stereocenters. The lowest BCUT2D eigenvalue weighted by Crippen LogP contribution is -2.24. The number of carbonyl (C=O) groups is 1. The summed E-state index contributed by atoms with van der Waals surface area (Å²) >= 11 is 0. The molecule has 1 saturated heterocycles. The van der Waals surface area contributed by atoms with Crippen molar-refractivity contribution in [3.8, 4) is 0 Å². The normalized spacial score (nSPS) is 25.7. The van der Waals surface area contributed by atoms with Gasteiger partial charge in [-0.3, -0.25) is 4.79 Å². The van der Waals surface area contributed by atoms with E-state index in [-0.39, 0.29) is 0 Å². The molecular formula is C12H21NO2. The first-order valence-corrected chi connectivity index (χ1v) is 6.21. The van der Waals surface area contributed by atoms with Gasteiger partial charge in [-0.25, -0.2) is 0 Å². The number of Topliss-reactive ketones (excluding diaryl/α,β-unsaturated/α-hetero) is 1. The molecule has 3 heteroatoms. The Morgan fingerprint density at radius 3 is 2.87 bits per heavy atom. The van der Waals surface area contributed by atoms with Gasteiger partial charge < -0.3 is 10.1 Å². The summed E-state index contributed by atoms with van der Waals surface area (Å²) in [5.41, 5.74) is 0. The van der Waals surface area contributed by atoms with Gasteiger partial charge in [0, 0.05) is 19.1 Å². The first kappa shape index (κ1) is 11.1. The van der Waals surface area contributed by atoms with Crippen molar-refractivity contribution < 1.29 is 9.53 Å². The van der Waals surface area contributed by atoms with Crippen LogP contribution in [0.25, 0.3) is 0 Å². The summed E-state index contributed by atoms with van der Waals surface area (Å²) < 4.78 is 5.52. The van der Waals surface area contributed by atoms with Crippen LogP contribution in [0.5, 0.6) is 0 Å². The quantitative estimate of drug-likeness (QED) is 0.696. The van der Waals surface area contributed by atoms with Crippen molar-refractivity contribution in [2.45, 2.75) is 57.1 Å². The van der Waals surface area contributed by atoms with Crippen LogP contribution in [-0.4, -0.2) is 31.1 Å². The second kappa shape index (κ2) is 5.61. The minimum Gasteiger partial charge on any atom is -0.378 e. The van der Waals surface area contributed by atoms with Crippen LogP contribution in [0.15, 0.2) is 0 Å². The molecule has 2 aliphatic rings. The summed E-state index contributed by atoms with van der Waals surface area (Å²) in [5, 5.41) is 3.25. The Morgan fingerprint density at radius 1 is 1.33 bits per heavy atom. The van der Waals surface area contributed by atoms with Crippen molar-refractivity contribution in [3.05, 3.63) is 0 Å². The SMILES string of the molecule is O=C(CCCC1CCCO1)CNC1CC1. The van der Waals surface area contributed by atoms with E-state index in [1.165, 1.54) is 25.7 Å². The first-order chi connectivity index (χ1) is 7.34. The van der Waals surface area contributed by atoms with Gasteiger partial charge >= 0.3 is 0 Å². The Balaban J connectivity index is 1.46. The van der Waals surface area contributed by atoms with Crippen LogP contribution >= 0.6 is 0 Å². The highest BCUT2D eigenvalue weighted by Crippen LogP contribution is 2.19. The number of rotatable bonds is 7. The molecule has 1 atom stereocenters. The second-order valence-corrected chi connectivity index (χ2v) is 4.72. The van der Waals surface area contributed by atoms with Gasteiger partial charge in [0.2, 0.25) is 0 Å². The highest BCUT2D eigenvalue weighted by Gasteiger charge is 2.21. The highest BCUT2D eigenvalue weighted by molar-refractivity contribution is 5.80. The van der Waals surface area contributed by atoms with Gasteiger partial charge in [-0.15, -0.1) is 0 Å². The molecule has 1 heterocycles. The third kappa shape index (κ3) is 4.31. The maximum absolute atomic E-state index is 11.4. The van der Waals surface area contributed by atoms with Crippen LogP contribution < -0.4 is 5.32 Å². The molecule has 1 saturated carbocycles. The molecule has 0 amide bonds. The zero-order chi connectivity index (χ0) is 10.5. The van der Waals surface area contributed by atoms with Gasteiger partial charge in [-0.2, -0.15) is 0 Å². The van der Waals surface area contributed by atoms with Gasteiger partial charge in [0.25, 0.3) is 0 Å². The van der Waals surface area contributed by atoms with E-state index in [2.05, 4.69) is 5.32 Å². The van der Waals surface area contributed by atoms with E-state index in [0.717, 1.165) is 25.9 Å². The molecule has 15 heavy (non-hydrogen) atoms. The van der Waals surface area contributed by atoms with Crippen molar-refractivity contribution in [2.75, 3.05) is 13.2 Å². The van der Waals surface area contributed by atoms with E-state index < -0.39 is 0 Å². The Hall–Kier alpha value is -0.410. The molecule has 0 bridgehead atoms. The lowest BCUT2D eigenvalue weighted by molar-refractivity contribution is -0.118. The first-order valence-electron chi connectivity index (χ1n) is 6.21. The molecule has 3 nitrogen and oxygen atoms in total. The molecule has 0 spiro atoms. The van der Waals surface area contributed by atoms with E-state index in [1.807, 2.05) is 0 Å². The monoisotopic (exact) mass is 211 g/mol. The Bertz CT molecular complexity index is 208. The fraction of sp³-hybridized carbons (Fsp3) is 0.917. The van der Waals surface area contributed by atoms with Gasteiger partial charge in [0.1, 0.15) is 5.78 Å². The number of hydrogen-bond acceptors (Lipinski definition) is 3. The van der Waals surface area contributed by atoms with Crippen LogP contribution in [0, 0.1) is 0 Å². The minimum absolute atomic E-state index is 0.361. The Labute approximate surface area is 91.6 Å². The van der Waals surface area contributed by atoms with Crippen molar-refractivity contribution in [1.29, 1.82) is 0 Å². The van der Waals surface area contributed by atoms with Crippen molar-refractivity contribution >= 4 is 5.78 Å².